The largest absolute Gasteiger partial charge is 0.434 e. The average Bonchev–Trinajstić information content (AvgIpc) is 3.14. The summed E-state index contributed by atoms with van der Waals surface area (Å²) in [5.74, 6) is -1.01. The van der Waals surface area contributed by atoms with Gasteiger partial charge < -0.3 is 0 Å². The van der Waals surface area contributed by atoms with Gasteiger partial charge >= 0.3 is 6.18 Å². The van der Waals surface area contributed by atoms with Gasteiger partial charge in [0, 0.05) is 22.7 Å². The van der Waals surface area contributed by atoms with Gasteiger partial charge in [-0.1, -0.05) is 29.3 Å². The zero-order chi connectivity index (χ0) is 20.6. The van der Waals surface area contributed by atoms with Crippen molar-refractivity contribution in [2.75, 3.05) is 5.32 Å². The Hall–Kier alpha value is -2.11. The molecule has 1 amide bonds. The lowest BCUT2D eigenvalue weighted by Gasteiger charge is -2.06. The monoisotopic (exact) mass is 496 g/mol. The summed E-state index contributed by atoms with van der Waals surface area (Å²) in [6.45, 7) is 0.187. The Morgan fingerprint density at radius 1 is 1.25 bits per heavy atom. The van der Waals surface area contributed by atoms with Crippen molar-refractivity contribution < 1.29 is 18.0 Å². The van der Waals surface area contributed by atoms with E-state index in [1.165, 1.54) is 11.0 Å². The highest BCUT2D eigenvalue weighted by molar-refractivity contribution is 9.10. The molecule has 0 unspecified atom stereocenters. The van der Waals surface area contributed by atoms with Gasteiger partial charge in [0.2, 0.25) is 5.95 Å². The molecule has 148 valence electrons. The second-order valence-corrected chi connectivity index (χ2v) is 7.16. The first-order valence-corrected chi connectivity index (χ1v) is 9.06. The molecule has 2 aromatic heterocycles. The van der Waals surface area contributed by atoms with Gasteiger partial charge in [0.05, 0.1) is 11.0 Å². The molecule has 1 aromatic carbocycles. The Bertz CT molecular complexity index is 1030. The first-order chi connectivity index (χ1) is 13.1. The maximum absolute atomic E-state index is 13.0. The number of rotatable bonds is 4. The predicted octanol–water partition coefficient (Wildman–Crippen LogP) is 4.40. The van der Waals surface area contributed by atoms with E-state index >= 15 is 0 Å². The summed E-state index contributed by atoms with van der Waals surface area (Å²) < 4.78 is 40.5. The third-order valence-corrected chi connectivity index (χ3v) is 5.08. The summed E-state index contributed by atoms with van der Waals surface area (Å²) in [5.41, 5.74) is -0.916. The minimum absolute atomic E-state index is 0.112. The maximum atomic E-state index is 13.0. The van der Waals surface area contributed by atoms with Crippen molar-refractivity contribution in [3.63, 3.8) is 0 Å². The van der Waals surface area contributed by atoms with E-state index in [-0.39, 0.29) is 12.5 Å². The quantitative estimate of drug-likeness (QED) is 0.579. The van der Waals surface area contributed by atoms with Crippen molar-refractivity contribution in [1.82, 2.24) is 24.5 Å². The summed E-state index contributed by atoms with van der Waals surface area (Å²) >= 11 is 15.0. The molecule has 0 aliphatic heterocycles. The molecule has 0 saturated carbocycles. The Morgan fingerprint density at radius 3 is 2.46 bits per heavy atom. The van der Waals surface area contributed by atoms with Crippen LogP contribution in [0.4, 0.5) is 19.1 Å². The minimum atomic E-state index is -4.67. The number of hydrogen-bond acceptors (Lipinski definition) is 4. The predicted molar refractivity (Wildman–Crippen MR) is 99.4 cm³/mol. The van der Waals surface area contributed by atoms with Crippen molar-refractivity contribution in [3.8, 4) is 0 Å². The molecule has 0 radical (unpaired) electrons. The van der Waals surface area contributed by atoms with Crippen LogP contribution in [0.3, 0.4) is 0 Å². The van der Waals surface area contributed by atoms with E-state index in [0.717, 1.165) is 7.05 Å². The molecule has 3 rings (SSSR count). The number of carbonyl (C=O) groups is 1. The van der Waals surface area contributed by atoms with Crippen LogP contribution in [0, 0.1) is 0 Å². The average molecular weight is 498 g/mol. The zero-order valence-corrected chi connectivity index (χ0v) is 17.0. The van der Waals surface area contributed by atoms with Gasteiger partial charge in [-0.25, -0.2) is 9.67 Å². The van der Waals surface area contributed by atoms with E-state index < -0.39 is 27.9 Å². The summed E-state index contributed by atoms with van der Waals surface area (Å²) in [5, 5.41) is 10.8. The van der Waals surface area contributed by atoms with Gasteiger partial charge in [-0.3, -0.25) is 14.8 Å². The number of hydrogen-bond donors (Lipinski definition) is 1. The molecule has 1 N–H and O–H groups in total. The highest BCUT2D eigenvalue weighted by Crippen LogP contribution is 2.36. The summed E-state index contributed by atoms with van der Waals surface area (Å²) in [7, 11) is 1.09. The molecule has 28 heavy (non-hydrogen) atoms. The zero-order valence-electron chi connectivity index (χ0n) is 13.9. The molecular formula is C15H10BrCl2F3N6O. The van der Waals surface area contributed by atoms with E-state index in [1.54, 1.807) is 18.2 Å². The molecule has 0 fully saturated rings. The van der Waals surface area contributed by atoms with Gasteiger partial charge in [-0.05, 0) is 28.1 Å². The topological polar surface area (TPSA) is 77.6 Å². The van der Waals surface area contributed by atoms with E-state index in [1.807, 2.05) is 0 Å². The molecule has 0 bridgehead atoms. The van der Waals surface area contributed by atoms with E-state index in [9.17, 15) is 18.0 Å². The Labute approximate surface area is 174 Å². The van der Waals surface area contributed by atoms with Crippen molar-refractivity contribution in [3.05, 3.63) is 56.0 Å². The van der Waals surface area contributed by atoms with Gasteiger partial charge in [-0.2, -0.15) is 18.3 Å². The van der Waals surface area contributed by atoms with Crippen LogP contribution < -0.4 is 5.32 Å². The lowest BCUT2D eigenvalue weighted by Crippen LogP contribution is -2.15. The van der Waals surface area contributed by atoms with Crippen LogP contribution in [0.1, 0.15) is 21.7 Å². The standard InChI is InChI=1S/C15H10BrCl2F3N6O/c1-26-12(15(19,20)21)10(16)11(24-26)13(28)23-14-22-6-27(25-14)5-7-8(17)3-2-4-9(7)18/h2-4,6H,5H2,1H3,(H,23,25,28). The number of aromatic nitrogens is 5. The van der Waals surface area contributed by atoms with Gasteiger partial charge in [0.1, 0.15) is 6.33 Å². The van der Waals surface area contributed by atoms with Crippen LogP contribution in [0.15, 0.2) is 29.0 Å². The molecule has 7 nitrogen and oxygen atoms in total. The van der Waals surface area contributed by atoms with E-state index in [4.69, 9.17) is 23.2 Å². The van der Waals surface area contributed by atoms with Gasteiger partial charge in [0.25, 0.3) is 5.91 Å². The molecule has 3 aromatic rings. The molecule has 0 aliphatic carbocycles. The van der Waals surface area contributed by atoms with Crippen molar-refractivity contribution in [2.45, 2.75) is 12.7 Å². The number of halogens is 6. The first-order valence-electron chi connectivity index (χ1n) is 7.51. The van der Waals surface area contributed by atoms with Crippen LogP contribution in [-0.2, 0) is 19.8 Å². The summed E-state index contributed by atoms with van der Waals surface area (Å²) in [4.78, 5) is 16.2. The summed E-state index contributed by atoms with van der Waals surface area (Å²) in [6, 6.07) is 5.03. The fourth-order valence-electron chi connectivity index (χ4n) is 2.39. The molecule has 2 heterocycles. The molecule has 0 spiro atoms. The third-order valence-electron chi connectivity index (χ3n) is 3.62. The van der Waals surface area contributed by atoms with Crippen LogP contribution >= 0.6 is 39.1 Å². The second kappa shape index (κ2) is 7.72. The van der Waals surface area contributed by atoms with Gasteiger partial charge in [0.15, 0.2) is 11.4 Å². The lowest BCUT2D eigenvalue weighted by molar-refractivity contribution is -0.144. The Morgan fingerprint density at radius 2 is 1.89 bits per heavy atom. The molecular weight excluding hydrogens is 488 g/mol. The number of nitrogens with one attached hydrogen (secondary N) is 1. The minimum Gasteiger partial charge on any atom is -0.288 e. The highest BCUT2D eigenvalue weighted by Gasteiger charge is 2.39. The fourth-order valence-corrected chi connectivity index (χ4v) is 3.64. The number of aryl methyl sites for hydroxylation is 1. The molecule has 0 aliphatic rings. The number of anilines is 1. The Balaban J connectivity index is 1.78. The Kier molecular flexibility index (Phi) is 5.69. The molecule has 0 saturated heterocycles. The number of carbonyl (C=O) groups excluding carboxylic acids is 1. The van der Waals surface area contributed by atoms with Crippen molar-refractivity contribution in [2.24, 2.45) is 7.05 Å². The third kappa shape index (κ3) is 4.15. The number of amides is 1. The fraction of sp³-hybridized carbons (Fsp3) is 0.200. The number of alkyl halides is 3. The van der Waals surface area contributed by atoms with Crippen LogP contribution in [0.25, 0.3) is 0 Å². The first kappa shape index (κ1) is 20.6. The SMILES string of the molecule is Cn1nc(C(=O)Nc2ncn(Cc3c(Cl)cccc3Cl)n2)c(Br)c1C(F)(F)F. The lowest BCUT2D eigenvalue weighted by atomic mass is 10.2. The van der Waals surface area contributed by atoms with Crippen LogP contribution in [0.2, 0.25) is 10.0 Å². The second-order valence-electron chi connectivity index (χ2n) is 5.55. The van der Waals surface area contributed by atoms with E-state index in [2.05, 4.69) is 36.4 Å². The normalized spacial score (nSPS) is 11.7. The smallest absolute Gasteiger partial charge is 0.288 e. The maximum Gasteiger partial charge on any atom is 0.434 e. The van der Waals surface area contributed by atoms with Gasteiger partial charge in [-0.15, -0.1) is 5.10 Å². The van der Waals surface area contributed by atoms with Crippen LogP contribution in [-0.4, -0.2) is 30.5 Å². The summed E-state index contributed by atoms with van der Waals surface area (Å²) in [6.07, 6.45) is -3.35. The number of benzene rings is 1. The van der Waals surface area contributed by atoms with Crippen LogP contribution in [0.5, 0.6) is 0 Å². The highest BCUT2D eigenvalue weighted by atomic mass is 79.9. The van der Waals surface area contributed by atoms with Crippen molar-refractivity contribution >= 4 is 51.0 Å². The van der Waals surface area contributed by atoms with Crippen molar-refractivity contribution in [1.29, 1.82) is 0 Å². The molecule has 0 atom stereocenters. The number of nitrogens with zero attached hydrogens (tertiary/aromatic N) is 5. The van der Waals surface area contributed by atoms with E-state index in [0.29, 0.717) is 20.3 Å². The molecule has 13 heteroatoms.